The normalized spacial score (nSPS) is 10.8. The zero-order chi connectivity index (χ0) is 38.5. The number of aromatic nitrogens is 4. The molecule has 0 spiro atoms. The number of halogens is 1. The molecule has 0 aliphatic rings. The van der Waals surface area contributed by atoms with Gasteiger partial charge in [-0.25, -0.2) is 14.6 Å². The first-order chi connectivity index (χ1) is 26.2. The lowest BCUT2D eigenvalue weighted by atomic mass is 10.0. The number of rotatable bonds is 16. The van der Waals surface area contributed by atoms with E-state index in [1.165, 1.54) is 23.1 Å². The Labute approximate surface area is 317 Å². The van der Waals surface area contributed by atoms with E-state index in [1.54, 1.807) is 67.7 Å². The van der Waals surface area contributed by atoms with Crippen molar-refractivity contribution >= 4 is 51.9 Å². The lowest BCUT2D eigenvalue weighted by Gasteiger charge is -2.21. The number of phenolic OH excluding ortho intramolecular Hbond substituents is 1. The van der Waals surface area contributed by atoms with Crippen LogP contribution in [0.5, 0.6) is 5.75 Å². The molecule has 280 valence electrons. The predicted octanol–water partition coefficient (Wildman–Crippen LogP) is 4.65. The van der Waals surface area contributed by atoms with Crippen molar-refractivity contribution in [1.29, 1.82) is 0 Å². The number of anilines is 2. The minimum absolute atomic E-state index is 0.0246. The summed E-state index contributed by atoms with van der Waals surface area (Å²) >= 11 is 6.34. The van der Waals surface area contributed by atoms with Crippen LogP contribution in [-0.2, 0) is 32.2 Å². The van der Waals surface area contributed by atoms with E-state index in [-0.39, 0.29) is 48.2 Å². The van der Waals surface area contributed by atoms with Crippen LogP contribution >= 0.6 is 11.6 Å². The average Bonchev–Trinajstić information content (AvgIpc) is 3.53. The molecule has 3 aromatic carbocycles. The highest BCUT2D eigenvalue weighted by molar-refractivity contribution is 6.31. The first-order valence-electron chi connectivity index (χ1n) is 17.2. The lowest BCUT2D eigenvalue weighted by molar-refractivity contribution is -0.132. The van der Waals surface area contributed by atoms with Gasteiger partial charge in [-0.2, -0.15) is 5.10 Å². The van der Waals surface area contributed by atoms with E-state index in [1.807, 2.05) is 6.07 Å². The maximum absolute atomic E-state index is 13.8. The first kappa shape index (κ1) is 39.2. The second-order valence-corrected chi connectivity index (χ2v) is 12.5. The summed E-state index contributed by atoms with van der Waals surface area (Å²) < 4.78 is 11.7. The van der Waals surface area contributed by atoms with E-state index in [2.05, 4.69) is 37.5 Å². The summed E-state index contributed by atoms with van der Waals surface area (Å²) in [7, 11) is 3.17. The van der Waals surface area contributed by atoms with E-state index in [9.17, 15) is 19.5 Å². The molecule has 0 bridgehead atoms. The third-order valence-electron chi connectivity index (χ3n) is 8.33. The Morgan fingerprint density at radius 2 is 1.76 bits per heavy atom. The van der Waals surface area contributed by atoms with Gasteiger partial charge in [-0.15, -0.1) is 0 Å². The molecule has 5 N–H and O–H groups in total. The highest BCUT2D eigenvalue weighted by atomic mass is 35.5. The van der Waals surface area contributed by atoms with Gasteiger partial charge >= 0.3 is 0 Å². The number of nitrogens with zero attached hydrogens (tertiary/aromatic N) is 5. The SMILES string of the molecule is COCCN(CCOC)C(=O)CCCC#Cc1cccc(NC(=O)Cn2nc(-c3cccc(O)c3)c3c(N)ncnc32)c1C(=O)NCc1ccccc1Cl. The van der Waals surface area contributed by atoms with Gasteiger partial charge in [0.25, 0.3) is 5.91 Å². The Hall–Kier alpha value is -6.01. The van der Waals surface area contributed by atoms with Crippen LogP contribution in [0.2, 0.25) is 5.02 Å². The molecule has 2 aromatic heterocycles. The van der Waals surface area contributed by atoms with Crippen LogP contribution in [-0.4, -0.2) is 88.0 Å². The summed E-state index contributed by atoms with van der Waals surface area (Å²) in [5.74, 6) is 5.34. The van der Waals surface area contributed by atoms with Crippen molar-refractivity contribution in [3.05, 3.63) is 94.8 Å². The van der Waals surface area contributed by atoms with Crippen molar-refractivity contribution in [3.63, 3.8) is 0 Å². The topological polar surface area (TPSA) is 187 Å². The number of aromatic hydroxyl groups is 1. The standard InChI is InChI=1S/C39H41ClN8O6/c1-53-20-18-47(19-21-54-2)33(51)17-5-3-4-10-26-12-9-16-31(34(26)39(52)42-23-28-11-6-7-15-30(28)40)45-32(50)24-48-38-35(37(41)43-25-44-38)36(46-48)27-13-8-14-29(49)22-27/h6-9,11-16,22,25,49H,3,5,17-21,23-24H2,1-2H3,(H,42,52)(H,45,50)(H2,41,43,44). The Kier molecular flexibility index (Phi) is 13.9. The van der Waals surface area contributed by atoms with Gasteiger partial charge in [0.15, 0.2) is 5.65 Å². The van der Waals surface area contributed by atoms with Crippen molar-refractivity contribution in [2.45, 2.75) is 32.4 Å². The van der Waals surface area contributed by atoms with Gasteiger partial charge in [-0.05, 0) is 42.3 Å². The van der Waals surface area contributed by atoms with E-state index in [4.69, 9.17) is 26.8 Å². The number of methoxy groups -OCH3 is 2. The summed E-state index contributed by atoms with van der Waals surface area (Å²) in [6.45, 7) is 1.62. The van der Waals surface area contributed by atoms with Gasteiger partial charge < -0.3 is 35.8 Å². The van der Waals surface area contributed by atoms with Crippen LogP contribution in [0, 0.1) is 11.8 Å². The third-order valence-corrected chi connectivity index (χ3v) is 8.70. The quantitative estimate of drug-likeness (QED) is 0.0817. The molecule has 54 heavy (non-hydrogen) atoms. The van der Waals surface area contributed by atoms with Gasteiger partial charge in [-0.1, -0.05) is 59.8 Å². The number of amides is 3. The molecule has 0 saturated carbocycles. The van der Waals surface area contributed by atoms with Gasteiger partial charge in [-0.3, -0.25) is 14.4 Å². The summed E-state index contributed by atoms with van der Waals surface area (Å²) in [6, 6.07) is 18.6. The Morgan fingerprint density at radius 3 is 2.50 bits per heavy atom. The zero-order valence-electron chi connectivity index (χ0n) is 30.0. The largest absolute Gasteiger partial charge is 0.508 e. The van der Waals surface area contributed by atoms with Crippen molar-refractivity contribution in [3.8, 4) is 28.8 Å². The second-order valence-electron chi connectivity index (χ2n) is 12.1. The molecule has 0 unspecified atom stereocenters. The fourth-order valence-electron chi connectivity index (χ4n) is 5.64. The van der Waals surface area contributed by atoms with Crippen LogP contribution in [0.3, 0.4) is 0 Å². The molecule has 0 atom stereocenters. The molecule has 5 rings (SSSR count). The minimum atomic E-state index is -0.505. The van der Waals surface area contributed by atoms with Crippen molar-refractivity contribution in [2.75, 3.05) is 51.6 Å². The zero-order valence-corrected chi connectivity index (χ0v) is 30.7. The number of fused-ring (bicyclic) bond motifs is 1. The Balaban J connectivity index is 1.37. The first-order valence-corrected chi connectivity index (χ1v) is 17.5. The summed E-state index contributed by atoms with van der Waals surface area (Å²) in [5, 5.41) is 21.4. The van der Waals surface area contributed by atoms with Crippen LogP contribution in [0.15, 0.2) is 73.1 Å². The number of carbonyl (C=O) groups excluding carboxylic acids is 3. The number of phenols is 1. The maximum atomic E-state index is 13.8. The second kappa shape index (κ2) is 19.2. The molecule has 0 fully saturated rings. The Morgan fingerprint density at radius 1 is 1.00 bits per heavy atom. The van der Waals surface area contributed by atoms with E-state index in [0.717, 1.165) is 0 Å². The number of hydrogen-bond donors (Lipinski definition) is 4. The predicted molar refractivity (Wildman–Crippen MR) is 206 cm³/mol. The van der Waals surface area contributed by atoms with E-state index >= 15 is 0 Å². The Bertz CT molecular complexity index is 2170. The molecule has 14 nitrogen and oxygen atoms in total. The highest BCUT2D eigenvalue weighted by Crippen LogP contribution is 2.31. The fourth-order valence-corrected chi connectivity index (χ4v) is 5.84. The molecule has 2 heterocycles. The van der Waals surface area contributed by atoms with Gasteiger partial charge in [0.1, 0.15) is 30.1 Å². The number of nitrogen functional groups attached to an aromatic ring is 1. The van der Waals surface area contributed by atoms with Crippen molar-refractivity contribution < 1.29 is 29.0 Å². The molecule has 0 radical (unpaired) electrons. The van der Waals surface area contributed by atoms with Gasteiger partial charge in [0.05, 0.1) is 29.9 Å². The molecule has 0 aliphatic carbocycles. The number of unbranched alkanes of at least 4 members (excludes halogenated alkanes) is 1. The van der Waals surface area contributed by atoms with Crippen LogP contribution in [0.25, 0.3) is 22.3 Å². The van der Waals surface area contributed by atoms with E-state index < -0.39 is 11.8 Å². The molecule has 3 amide bonds. The molecule has 0 aliphatic heterocycles. The molecule has 0 saturated heterocycles. The third kappa shape index (κ3) is 10.1. The summed E-state index contributed by atoms with van der Waals surface area (Å²) in [4.78, 5) is 50.4. The van der Waals surface area contributed by atoms with Crippen LogP contribution in [0.4, 0.5) is 11.5 Å². The van der Waals surface area contributed by atoms with Gasteiger partial charge in [0, 0.05) is 62.8 Å². The van der Waals surface area contributed by atoms with E-state index in [0.29, 0.717) is 77.6 Å². The monoisotopic (exact) mass is 752 g/mol. The molecule has 15 heteroatoms. The minimum Gasteiger partial charge on any atom is -0.508 e. The number of ether oxygens (including phenoxy) is 2. The maximum Gasteiger partial charge on any atom is 0.254 e. The summed E-state index contributed by atoms with van der Waals surface area (Å²) in [5.41, 5.74) is 8.95. The highest BCUT2D eigenvalue weighted by Gasteiger charge is 2.22. The van der Waals surface area contributed by atoms with Gasteiger partial charge in [0.2, 0.25) is 11.8 Å². The summed E-state index contributed by atoms with van der Waals surface area (Å²) in [6.07, 6.45) is 2.46. The fraction of sp³-hybridized carbons (Fsp3) is 0.282. The molecule has 5 aromatic rings. The number of nitrogens with two attached hydrogens (primary N) is 1. The van der Waals surface area contributed by atoms with Crippen LogP contribution in [0.1, 0.15) is 40.7 Å². The van der Waals surface area contributed by atoms with Crippen molar-refractivity contribution in [2.24, 2.45) is 0 Å². The van der Waals surface area contributed by atoms with Crippen molar-refractivity contribution in [1.82, 2.24) is 30.0 Å². The lowest BCUT2D eigenvalue weighted by Crippen LogP contribution is -2.36. The number of hydrogen-bond acceptors (Lipinski definition) is 10. The smallest absolute Gasteiger partial charge is 0.254 e. The number of carbonyl (C=O) groups is 3. The average molecular weight is 753 g/mol. The molecular formula is C39H41ClN8O6. The number of nitrogens with one attached hydrogen (secondary N) is 2. The van der Waals surface area contributed by atoms with Crippen LogP contribution < -0.4 is 16.4 Å². The molecular weight excluding hydrogens is 712 g/mol. The number of benzene rings is 3.